The quantitative estimate of drug-likeness (QED) is 0.793. The van der Waals surface area contributed by atoms with E-state index in [0.29, 0.717) is 5.75 Å². The molecule has 2 atom stereocenters. The fourth-order valence-electron chi connectivity index (χ4n) is 0.652. The Morgan fingerprint density at radius 3 is 2.31 bits per heavy atom. The van der Waals surface area contributed by atoms with E-state index in [0.717, 1.165) is 7.11 Å². The van der Waals surface area contributed by atoms with Crippen LogP contribution < -0.4 is 4.52 Å². The van der Waals surface area contributed by atoms with E-state index in [9.17, 15) is 4.57 Å². The topological polar surface area (TPSA) is 55.8 Å². The summed E-state index contributed by atoms with van der Waals surface area (Å²) in [5, 5.41) is 0. The molecule has 1 rings (SSSR count). The minimum absolute atomic E-state index is 0. The molecule has 0 aliphatic rings. The van der Waals surface area contributed by atoms with Gasteiger partial charge in [-0.2, -0.15) is 9.90 Å². The van der Waals surface area contributed by atoms with E-state index in [1.807, 2.05) is 0 Å². The summed E-state index contributed by atoms with van der Waals surface area (Å²) in [6, 6.07) is 8.32. The Labute approximate surface area is 80.1 Å². The molecule has 0 radical (unpaired) electrons. The number of benzene rings is 1. The molecule has 0 spiro atoms. The van der Waals surface area contributed by atoms with Crippen molar-refractivity contribution in [1.29, 1.82) is 0 Å². The lowest BCUT2D eigenvalue weighted by Gasteiger charge is -2.09. The minimum Gasteiger partial charge on any atom is -0.404 e. The van der Waals surface area contributed by atoms with E-state index in [2.05, 4.69) is 9.05 Å². The molecule has 1 aromatic carbocycles. The highest BCUT2D eigenvalue weighted by molar-refractivity contribution is 7.47. The number of para-hydroxylation sites is 1. The van der Waals surface area contributed by atoms with Gasteiger partial charge in [-0.05, 0) is 12.1 Å². The Morgan fingerprint density at radius 2 is 1.85 bits per heavy atom. The Balaban J connectivity index is 0.00000144. The molecule has 13 heavy (non-hydrogen) atoms. The third-order valence-electron chi connectivity index (χ3n) is 1.19. The first-order valence-corrected chi connectivity index (χ1v) is 4.77. The lowest BCUT2D eigenvalue weighted by Crippen LogP contribution is -1.92. The second-order valence-corrected chi connectivity index (χ2v) is 3.54. The summed E-state index contributed by atoms with van der Waals surface area (Å²) in [5.41, 5.74) is 0. The van der Waals surface area contributed by atoms with Gasteiger partial charge in [0.15, 0.2) is 0 Å². The number of rotatable bonds is 3. The standard InChI is InChI=1S/C7H9O4P.H3P/c1-10-12(8,9)11-7-5-3-2-4-6-7;/h2-6H,1H3,(H,8,9);1H3. The highest BCUT2D eigenvalue weighted by Crippen LogP contribution is 2.42. The summed E-state index contributed by atoms with van der Waals surface area (Å²) in [5.74, 6) is 0.310. The molecule has 2 unspecified atom stereocenters. The first-order chi connectivity index (χ1) is 5.64. The zero-order chi connectivity index (χ0) is 9.03. The summed E-state index contributed by atoms with van der Waals surface area (Å²) in [7, 11) is -2.78. The number of phosphoric ester groups is 1. The number of phosphoric acid groups is 1. The smallest absolute Gasteiger partial charge is 0.404 e. The molecule has 0 saturated carbocycles. The first-order valence-electron chi connectivity index (χ1n) is 3.27. The zero-order valence-electron chi connectivity index (χ0n) is 7.21. The van der Waals surface area contributed by atoms with Gasteiger partial charge >= 0.3 is 7.82 Å². The van der Waals surface area contributed by atoms with Gasteiger partial charge < -0.3 is 4.52 Å². The van der Waals surface area contributed by atoms with Crippen molar-refractivity contribution in [1.82, 2.24) is 0 Å². The third-order valence-corrected chi connectivity index (χ3v) is 2.10. The van der Waals surface area contributed by atoms with Crippen molar-refractivity contribution in [3.63, 3.8) is 0 Å². The van der Waals surface area contributed by atoms with E-state index in [1.54, 1.807) is 30.3 Å². The van der Waals surface area contributed by atoms with Crippen LogP contribution in [-0.2, 0) is 9.09 Å². The van der Waals surface area contributed by atoms with Crippen molar-refractivity contribution in [2.75, 3.05) is 7.11 Å². The SMILES string of the molecule is COP(=O)(O)Oc1ccccc1.P. The highest BCUT2D eigenvalue weighted by Gasteiger charge is 2.19. The average molecular weight is 222 g/mol. The lowest BCUT2D eigenvalue weighted by atomic mass is 10.3. The van der Waals surface area contributed by atoms with Crippen LogP contribution in [0.2, 0.25) is 0 Å². The zero-order valence-corrected chi connectivity index (χ0v) is 9.52. The molecular weight excluding hydrogens is 210 g/mol. The van der Waals surface area contributed by atoms with Crippen molar-refractivity contribution in [3.8, 4) is 5.75 Å². The summed E-state index contributed by atoms with van der Waals surface area (Å²) in [4.78, 5) is 8.89. The van der Waals surface area contributed by atoms with E-state index in [4.69, 9.17) is 4.89 Å². The van der Waals surface area contributed by atoms with E-state index in [-0.39, 0.29) is 9.90 Å². The van der Waals surface area contributed by atoms with Crippen molar-refractivity contribution >= 4 is 17.7 Å². The van der Waals surface area contributed by atoms with Crippen LogP contribution in [0, 0.1) is 0 Å². The Bertz CT molecular complexity index is 288. The van der Waals surface area contributed by atoms with E-state index in [1.165, 1.54) is 0 Å². The largest absolute Gasteiger partial charge is 0.527 e. The molecular formula is C7H12O4P2. The maximum atomic E-state index is 10.9. The molecule has 0 aliphatic carbocycles. The second kappa shape index (κ2) is 5.36. The predicted molar refractivity (Wildman–Crippen MR) is 55.0 cm³/mol. The monoisotopic (exact) mass is 222 g/mol. The Hall–Kier alpha value is -0.400. The molecule has 0 amide bonds. The van der Waals surface area contributed by atoms with Crippen LogP contribution in [0.15, 0.2) is 30.3 Å². The molecule has 6 heteroatoms. The van der Waals surface area contributed by atoms with Gasteiger partial charge in [-0.25, -0.2) is 4.57 Å². The van der Waals surface area contributed by atoms with Gasteiger partial charge in [-0.15, -0.1) is 0 Å². The molecule has 0 saturated heterocycles. The molecule has 74 valence electrons. The Morgan fingerprint density at radius 1 is 1.31 bits per heavy atom. The van der Waals surface area contributed by atoms with Crippen LogP contribution in [0.5, 0.6) is 5.75 Å². The Kier molecular flexibility index (Phi) is 5.19. The van der Waals surface area contributed by atoms with Crippen LogP contribution >= 0.6 is 17.7 Å². The van der Waals surface area contributed by atoms with Crippen molar-refractivity contribution in [2.45, 2.75) is 0 Å². The van der Waals surface area contributed by atoms with Crippen LogP contribution in [0.3, 0.4) is 0 Å². The van der Waals surface area contributed by atoms with E-state index < -0.39 is 7.82 Å². The minimum atomic E-state index is -3.90. The molecule has 0 aliphatic heterocycles. The molecule has 0 fully saturated rings. The normalized spacial score (nSPS) is 14.0. The van der Waals surface area contributed by atoms with Crippen LogP contribution in [0.25, 0.3) is 0 Å². The van der Waals surface area contributed by atoms with Crippen LogP contribution in [-0.4, -0.2) is 12.0 Å². The maximum absolute atomic E-state index is 10.9. The van der Waals surface area contributed by atoms with Gasteiger partial charge in [0, 0.05) is 7.11 Å². The average Bonchev–Trinajstić information content (AvgIpc) is 2.06. The maximum Gasteiger partial charge on any atom is 0.527 e. The van der Waals surface area contributed by atoms with Gasteiger partial charge in [0.2, 0.25) is 0 Å². The predicted octanol–water partition coefficient (Wildman–Crippen LogP) is 1.87. The molecule has 0 bridgehead atoms. The summed E-state index contributed by atoms with van der Waals surface area (Å²) in [6.07, 6.45) is 0. The molecule has 0 aromatic heterocycles. The molecule has 0 heterocycles. The molecule has 4 nitrogen and oxygen atoms in total. The van der Waals surface area contributed by atoms with Crippen LogP contribution in [0.4, 0.5) is 0 Å². The summed E-state index contributed by atoms with van der Waals surface area (Å²) in [6.45, 7) is 0. The number of hydrogen-bond acceptors (Lipinski definition) is 3. The van der Waals surface area contributed by atoms with Gasteiger partial charge in [-0.3, -0.25) is 9.42 Å². The second-order valence-electron chi connectivity index (χ2n) is 2.06. The molecule has 1 N–H and O–H groups in total. The van der Waals surface area contributed by atoms with Crippen molar-refractivity contribution in [3.05, 3.63) is 30.3 Å². The fraction of sp³-hybridized carbons (Fsp3) is 0.143. The van der Waals surface area contributed by atoms with Gasteiger partial charge in [0.1, 0.15) is 5.75 Å². The third kappa shape index (κ3) is 4.39. The highest BCUT2D eigenvalue weighted by atomic mass is 31.2. The van der Waals surface area contributed by atoms with Crippen molar-refractivity contribution < 1.29 is 18.5 Å². The first kappa shape index (κ1) is 12.6. The van der Waals surface area contributed by atoms with Crippen LogP contribution in [0.1, 0.15) is 0 Å². The summed E-state index contributed by atoms with van der Waals surface area (Å²) >= 11 is 0. The van der Waals surface area contributed by atoms with Gasteiger partial charge in [0.25, 0.3) is 0 Å². The molecule has 1 aromatic rings. The van der Waals surface area contributed by atoms with Gasteiger partial charge in [-0.1, -0.05) is 18.2 Å². The summed E-state index contributed by atoms with van der Waals surface area (Å²) < 4.78 is 19.7. The van der Waals surface area contributed by atoms with Crippen molar-refractivity contribution in [2.24, 2.45) is 0 Å². The van der Waals surface area contributed by atoms with E-state index >= 15 is 0 Å². The van der Waals surface area contributed by atoms with Gasteiger partial charge in [0.05, 0.1) is 0 Å². The number of hydrogen-bond donors (Lipinski definition) is 1. The fourth-order valence-corrected chi connectivity index (χ4v) is 1.11. The lowest BCUT2D eigenvalue weighted by molar-refractivity contribution is 0.243.